The average molecular weight is 323 g/mol. The van der Waals surface area contributed by atoms with E-state index in [1.807, 2.05) is 41.2 Å². The molecule has 4 heteroatoms. The highest BCUT2D eigenvalue weighted by Crippen LogP contribution is 2.14. The van der Waals surface area contributed by atoms with Crippen LogP contribution in [0.4, 0.5) is 0 Å². The van der Waals surface area contributed by atoms with Gasteiger partial charge in [0.25, 0.3) is 0 Å². The van der Waals surface area contributed by atoms with Crippen molar-refractivity contribution in [3.8, 4) is 0 Å². The Morgan fingerprint density at radius 1 is 1.26 bits per heavy atom. The summed E-state index contributed by atoms with van der Waals surface area (Å²) >= 11 is 3.44. The summed E-state index contributed by atoms with van der Waals surface area (Å²) in [6, 6.07) is 10.4. The predicted molar refractivity (Wildman–Crippen MR) is 80.2 cm³/mol. The van der Waals surface area contributed by atoms with Gasteiger partial charge in [-0.2, -0.15) is 5.10 Å². The van der Waals surface area contributed by atoms with E-state index in [-0.39, 0.29) is 0 Å². The van der Waals surface area contributed by atoms with Gasteiger partial charge in [-0.15, -0.1) is 0 Å². The lowest BCUT2D eigenvalue weighted by Gasteiger charge is -2.09. The molecule has 1 aromatic carbocycles. The van der Waals surface area contributed by atoms with E-state index in [2.05, 4.69) is 34.9 Å². The molecule has 0 amide bonds. The number of aliphatic hydroxyl groups is 1. The number of aromatic nitrogens is 2. The van der Waals surface area contributed by atoms with Gasteiger partial charge in [0.1, 0.15) is 0 Å². The van der Waals surface area contributed by atoms with Gasteiger partial charge in [-0.1, -0.05) is 28.1 Å². The van der Waals surface area contributed by atoms with Crippen LogP contribution in [0.1, 0.15) is 31.1 Å². The molecule has 1 unspecified atom stereocenters. The molecule has 1 atom stereocenters. The summed E-state index contributed by atoms with van der Waals surface area (Å²) in [6.45, 7) is 4.18. The molecular weight excluding hydrogens is 304 g/mol. The van der Waals surface area contributed by atoms with Crippen LogP contribution in [0.3, 0.4) is 0 Å². The summed E-state index contributed by atoms with van der Waals surface area (Å²) in [6.07, 6.45) is 2.80. The van der Waals surface area contributed by atoms with E-state index in [9.17, 15) is 5.11 Å². The molecule has 0 fully saturated rings. The van der Waals surface area contributed by atoms with Crippen molar-refractivity contribution in [2.45, 2.75) is 38.8 Å². The molecule has 1 aromatic heterocycles. The van der Waals surface area contributed by atoms with Gasteiger partial charge in [-0.3, -0.25) is 4.68 Å². The SMILES string of the molecule is CC(C)n1ccc(CC(O)Cc2cccc(Br)c2)n1. The molecule has 2 rings (SSSR count). The molecular formula is C15H19BrN2O. The Hall–Kier alpha value is -1.13. The van der Waals surface area contributed by atoms with Crippen LogP contribution < -0.4 is 0 Å². The molecule has 0 aliphatic carbocycles. The van der Waals surface area contributed by atoms with E-state index < -0.39 is 6.10 Å². The van der Waals surface area contributed by atoms with E-state index in [1.165, 1.54) is 0 Å². The minimum atomic E-state index is -0.398. The Kier molecular flexibility index (Phi) is 4.77. The molecule has 0 bridgehead atoms. The molecule has 1 N–H and O–H groups in total. The highest BCUT2D eigenvalue weighted by molar-refractivity contribution is 9.10. The quantitative estimate of drug-likeness (QED) is 0.916. The maximum absolute atomic E-state index is 10.1. The first kappa shape index (κ1) is 14.3. The Morgan fingerprint density at radius 3 is 2.68 bits per heavy atom. The van der Waals surface area contributed by atoms with E-state index in [1.54, 1.807) is 0 Å². The van der Waals surface area contributed by atoms with Crippen LogP contribution in [0, 0.1) is 0 Å². The fraction of sp³-hybridized carbons (Fsp3) is 0.400. The van der Waals surface area contributed by atoms with Crippen molar-refractivity contribution in [2.24, 2.45) is 0 Å². The zero-order valence-electron chi connectivity index (χ0n) is 11.3. The number of aliphatic hydroxyl groups excluding tert-OH is 1. The smallest absolute Gasteiger partial charge is 0.0650 e. The van der Waals surface area contributed by atoms with Crippen LogP contribution in [-0.4, -0.2) is 21.0 Å². The minimum absolute atomic E-state index is 0.357. The van der Waals surface area contributed by atoms with Crippen molar-refractivity contribution in [1.82, 2.24) is 9.78 Å². The summed E-state index contributed by atoms with van der Waals surface area (Å²) in [5, 5.41) is 14.6. The molecule has 102 valence electrons. The van der Waals surface area contributed by atoms with Crippen molar-refractivity contribution in [3.63, 3.8) is 0 Å². The zero-order chi connectivity index (χ0) is 13.8. The third-order valence-electron chi connectivity index (χ3n) is 3.00. The van der Waals surface area contributed by atoms with Crippen LogP contribution in [-0.2, 0) is 12.8 Å². The Balaban J connectivity index is 1.95. The minimum Gasteiger partial charge on any atom is -0.392 e. The van der Waals surface area contributed by atoms with Crippen molar-refractivity contribution < 1.29 is 5.11 Å². The van der Waals surface area contributed by atoms with Gasteiger partial charge >= 0.3 is 0 Å². The molecule has 1 heterocycles. The van der Waals surface area contributed by atoms with Crippen molar-refractivity contribution in [3.05, 3.63) is 52.3 Å². The monoisotopic (exact) mass is 322 g/mol. The highest BCUT2D eigenvalue weighted by atomic mass is 79.9. The van der Waals surface area contributed by atoms with Crippen LogP contribution in [0.15, 0.2) is 41.0 Å². The van der Waals surface area contributed by atoms with Crippen molar-refractivity contribution in [1.29, 1.82) is 0 Å². The van der Waals surface area contributed by atoms with Gasteiger partial charge in [0.15, 0.2) is 0 Å². The summed E-state index contributed by atoms with van der Waals surface area (Å²) < 4.78 is 2.96. The number of nitrogens with zero attached hydrogens (tertiary/aromatic N) is 2. The van der Waals surface area contributed by atoms with Crippen LogP contribution in [0.5, 0.6) is 0 Å². The molecule has 0 aliphatic heterocycles. The Morgan fingerprint density at radius 2 is 2.05 bits per heavy atom. The Labute approximate surface area is 122 Å². The fourth-order valence-corrected chi connectivity index (χ4v) is 2.47. The van der Waals surface area contributed by atoms with Gasteiger partial charge in [-0.05, 0) is 44.0 Å². The maximum atomic E-state index is 10.1. The predicted octanol–water partition coefficient (Wildman–Crippen LogP) is 3.37. The largest absolute Gasteiger partial charge is 0.392 e. The average Bonchev–Trinajstić information content (AvgIpc) is 2.77. The normalized spacial score (nSPS) is 12.9. The number of halogens is 1. The van der Waals surface area contributed by atoms with E-state index in [0.717, 1.165) is 15.7 Å². The highest BCUT2D eigenvalue weighted by Gasteiger charge is 2.10. The van der Waals surface area contributed by atoms with Gasteiger partial charge in [-0.25, -0.2) is 0 Å². The fourth-order valence-electron chi connectivity index (χ4n) is 2.02. The molecule has 2 aromatic rings. The third kappa shape index (κ3) is 4.18. The number of hydrogen-bond acceptors (Lipinski definition) is 2. The maximum Gasteiger partial charge on any atom is 0.0650 e. The lowest BCUT2D eigenvalue weighted by atomic mass is 10.0. The van der Waals surface area contributed by atoms with Gasteiger partial charge in [0.2, 0.25) is 0 Å². The van der Waals surface area contributed by atoms with Crippen molar-refractivity contribution >= 4 is 15.9 Å². The van der Waals surface area contributed by atoms with Gasteiger partial charge < -0.3 is 5.11 Å². The van der Waals surface area contributed by atoms with Gasteiger partial charge in [0, 0.05) is 23.1 Å². The van der Waals surface area contributed by atoms with E-state index in [4.69, 9.17) is 0 Å². The zero-order valence-corrected chi connectivity index (χ0v) is 12.8. The number of hydrogen-bond donors (Lipinski definition) is 1. The first-order valence-corrected chi connectivity index (χ1v) is 7.30. The molecule has 19 heavy (non-hydrogen) atoms. The lowest BCUT2D eigenvalue weighted by Crippen LogP contribution is -2.14. The summed E-state index contributed by atoms with van der Waals surface area (Å²) in [5.74, 6) is 0. The van der Waals surface area contributed by atoms with Crippen LogP contribution >= 0.6 is 15.9 Å². The molecule has 0 aliphatic rings. The second-order valence-electron chi connectivity index (χ2n) is 5.07. The second kappa shape index (κ2) is 6.35. The summed E-state index contributed by atoms with van der Waals surface area (Å²) in [5.41, 5.74) is 2.07. The van der Waals surface area contributed by atoms with Crippen LogP contribution in [0.25, 0.3) is 0 Å². The first-order chi connectivity index (χ1) is 9.04. The number of rotatable bonds is 5. The molecule has 0 saturated carbocycles. The van der Waals surface area contributed by atoms with E-state index >= 15 is 0 Å². The molecule has 3 nitrogen and oxygen atoms in total. The molecule has 0 saturated heterocycles. The number of benzene rings is 1. The topological polar surface area (TPSA) is 38.0 Å². The molecule has 0 spiro atoms. The molecule has 0 radical (unpaired) electrons. The van der Waals surface area contributed by atoms with Crippen LogP contribution in [0.2, 0.25) is 0 Å². The summed E-state index contributed by atoms with van der Waals surface area (Å²) in [7, 11) is 0. The second-order valence-corrected chi connectivity index (χ2v) is 5.99. The third-order valence-corrected chi connectivity index (χ3v) is 3.49. The van der Waals surface area contributed by atoms with Crippen molar-refractivity contribution in [2.75, 3.05) is 0 Å². The van der Waals surface area contributed by atoms with E-state index in [0.29, 0.717) is 18.9 Å². The lowest BCUT2D eigenvalue weighted by molar-refractivity contribution is 0.174. The van der Waals surface area contributed by atoms with Gasteiger partial charge in [0.05, 0.1) is 11.8 Å². The Bertz CT molecular complexity index is 536. The standard InChI is InChI=1S/C15H19BrN2O/c1-11(2)18-7-6-14(17-18)10-15(19)9-12-4-3-5-13(16)8-12/h3-8,11,15,19H,9-10H2,1-2H3. The summed E-state index contributed by atoms with van der Waals surface area (Å²) in [4.78, 5) is 0. The first-order valence-electron chi connectivity index (χ1n) is 6.51.